The lowest BCUT2D eigenvalue weighted by atomic mass is 9.99. The summed E-state index contributed by atoms with van der Waals surface area (Å²) >= 11 is 0. The number of amidine groups is 1. The van der Waals surface area contributed by atoms with E-state index >= 15 is 0 Å². The van der Waals surface area contributed by atoms with Gasteiger partial charge in [0, 0.05) is 44.9 Å². The summed E-state index contributed by atoms with van der Waals surface area (Å²) in [7, 11) is 1.67. The van der Waals surface area contributed by atoms with Crippen LogP contribution in [0.25, 0.3) is 5.52 Å². The van der Waals surface area contributed by atoms with Crippen molar-refractivity contribution in [2.75, 3.05) is 30.4 Å². The van der Waals surface area contributed by atoms with E-state index in [0.717, 1.165) is 17.9 Å². The molecule has 10 heteroatoms. The van der Waals surface area contributed by atoms with Gasteiger partial charge in [0.05, 0.1) is 30.8 Å². The second-order valence-electron chi connectivity index (χ2n) is 9.76. The average molecular weight is 473 g/mol. The van der Waals surface area contributed by atoms with Gasteiger partial charge < -0.3 is 15.0 Å². The Morgan fingerprint density at radius 3 is 2.97 bits per heavy atom. The summed E-state index contributed by atoms with van der Waals surface area (Å²) in [5.41, 5.74) is 3.17. The number of carbonyl (C=O) groups is 1. The van der Waals surface area contributed by atoms with Crippen LogP contribution < -0.4 is 10.2 Å². The molecule has 2 atom stereocenters. The van der Waals surface area contributed by atoms with Crippen LogP contribution in [0, 0.1) is 5.41 Å². The molecule has 0 unspecified atom stereocenters. The van der Waals surface area contributed by atoms with Crippen molar-refractivity contribution in [3.63, 3.8) is 0 Å². The van der Waals surface area contributed by atoms with Gasteiger partial charge in [0.25, 0.3) is 0 Å². The van der Waals surface area contributed by atoms with Gasteiger partial charge in [-0.2, -0.15) is 4.98 Å². The van der Waals surface area contributed by atoms with Gasteiger partial charge in [-0.25, -0.2) is 4.52 Å². The predicted molar refractivity (Wildman–Crippen MR) is 132 cm³/mol. The highest BCUT2D eigenvalue weighted by atomic mass is 16.5. The third-order valence-electron chi connectivity index (χ3n) is 7.33. The maximum atomic E-state index is 13.3. The van der Waals surface area contributed by atoms with Crippen LogP contribution in [-0.4, -0.2) is 68.5 Å². The highest BCUT2D eigenvalue weighted by Gasteiger charge is 2.42. The van der Waals surface area contributed by atoms with Gasteiger partial charge in [0.1, 0.15) is 11.4 Å². The second-order valence-corrected chi connectivity index (χ2v) is 9.76. The van der Waals surface area contributed by atoms with E-state index in [4.69, 9.17) is 19.8 Å². The van der Waals surface area contributed by atoms with Crippen LogP contribution in [0.3, 0.4) is 0 Å². The van der Waals surface area contributed by atoms with E-state index in [0.29, 0.717) is 35.8 Å². The molecule has 180 valence electrons. The van der Waals surface area contributed by atoms with Crippen molar-refractivity contribution in [2.45, 2.75) is 44.8 Å². The molecule has 0 amide bonds. The van der Waals surface area contributed by atoms with Crippen molar-refractivity contribution in [2.24, 2.45) is 10.4 Å². The van der Waals surface area contributed by atoms with Crippen molar-refractivity contribution in [3.8, 4) is 0 Å². The van der Waals surface area contributed by atoms with E-state index in [-0.39, 0.29) is 18.3 Å². The maximum absolute atomic E-state index is 13.3. The first-order valence-electron chi connectivity index (χ1n) is 12.0. The highest BCUT2D eigenvalue weighted by molar-refractivity contribution is 6.07. The molecular weight excluding hydrogens is 444 g/mol. The Labute approximate surface area is 203 Å². The quantitative estimate of drug-likeness (QED) is 0.559. The Balaban J connectivity index is 1.30. The number of ketones is 1. The van der Waals surface area contributed by atoms with Crippen LogP contribution in [0.1, 0.15) is 31.9 Å². The number of nitrogens with zero attached hydrogens (tertiary/aromatic N) is 7. The summed E-state index contributed by atoms with van der Waals surface area (Å²) in [5.74, 6) is 2.00. The van der Waals surface area contributed by atoms with E-state index < -0.39 is 6.04 Å². The summed E-state index contributed by atoms with van der Waals surface area (Å²) in [6, 6.07) is 3.49. The second kappa shape index (κ2) is 8.53. The van der Waals surface area contributed by atoms with Crippen molar-refractivity contribution < 1.29 is 9.53 Å². The molecule has 2 fully saturated rings. The van der Waals surface area contributed by atoms with E-state index in [1.807, 2.05) is 23.2 Å². The number of hydrogen-bond donors (Lipinski definition) is 1. The Hall–Kier alpha value is -3.66. The third kappa shape index (κ3) is 4.18. The number of nitrogens with one attached hydrogen (secondary N) is 1. The Kier molecular flexibility index (Phi) is 5.32. The number of anilines is 2. The van der Waals surface area contributed by atoms with Crippen LogP contribution in [-0.2, 0) is 16.0 Å². The summed E-state index contributed by atoms with van der Waals surface area (Å²) < 4.78 is 7.42. The standard InChI is InChI=1S/C25H28N8O2/c1-25(5-6-25)16-10-22(28-13-16)29-23-19-4-3-9-33(19)31-24(30-23)32-15-18(35-2)12-20(32)21(34)11-17-14-26-7-8-27-17/h3-4,7-10,14,18,20H,5-6,11-13,15H2,1-2H3,(H,28,29,30,31)/t18-,20-/m0/s1. The zero-order valence-corrected chi connectivity index (χ0v) is 19.9. The fourth-order valence-corrected chi connectivity index (χ4v) is 4.85. The molecule has 6 rings (SSSR count). The predicted octanol–water partition coefficient (Wildman–Crippen LogP) is 2.48. The van der Waals surface area contributed by atoms with Crippen LogP contribution in [0.4, 0.5) is 11.8 Å². The monoisotopic (exact) mass is 472 g/mol. The van der Waals surface area contributed by atoms with E-state index in [9.17, 15) is 4.79 Å². The zero-order chi connectivity index (χ0) is 24.0. The Morgan fingerprint density at radius 2 is 2.20 bits per heavy atom. The molecule has 1 saturated heterocycles. The third-order valence-corrected chi connectivity index (χ3v) is 7.33. The maximum Gasteiger partial charge on any atom is 0.246 e. The normalized spacial score (nSPS) is 22.9. The first kappa shape index (κ1) is 21.8. The van der Waals surface area contributed by atoms with Crippen molar-refractivity contribution >= 4 is 28.9 Å². The molecule has 35 heavy (non-hydrogen) atoms. The lowest BCUT2D eigenvalue weighted by molar-refractivity contribution is -0.119. The van der Waals surface area contributed by atoms with Gasteiger partial charge in [0.2, 0.25) is 5.95 Å². The van der Waals surface area contributed by atoms with Crippen molar-refractivity contribution in [1.29, 1.82) is 0 Å². The molecule has 0 spiro atoms. The molecular formula is C25H28N8O2. The molecule has 1 aliphatic carbocycles. The first-order valence-corrected chi connectivity index (χ1v) is 12.0. The molecule has 1 saturated carbocycles. The van der Waals surface area contributed by atoms with E-state index in [1.54, 1.807) is 30.2 Å². The molecule has 2 aliphatic heterocycles. The molecule has 3 aliphatic rings. The first-order chi connectivity index (χ1) is 17.0. The Morgan fingerprint density at radius 1 is 1.31 bits per heavy atom. The molecule has 5 heterocycles. The average Bonchev–Trinajstić information content (AvgIpc) is 3.28. The molecule has 3 aromatic rings. The SMILES string of the molecule is CO[C@H]1C[C@@H](C(=O)Cc2cnccn2)N(c2nc(NC3=NCC(C4(C)CC4)=C3)c3cccn3n2)C1. The zero-order valence-electron chi connectivity index (χ0n) is 19.9. The van der Waals surface area contributed by atoms with E-state index in [1.165, 1.54) is 18.4 Å². The molecule has 0 radical (unpaired) electrons. The number of aromatic nitrogens is 5. The minimum Gasteiger partial charge on any atom is -0.380 e. The number of methoxy groups -OCH3 is 1. The topological polar surface area (TPSA) is 110 Å². The number of carbonyl (C=O) groups excluding carboxylic acids is 1. The number of hydrogen-bond acceptors (Lipinski definition) is 9. The fraction of sp³-hybridized carbons (Fsp3) is 0.440. The summed E-state index contributed by atoms with van der Waals surface area (Å²) in [6.45, 7) is 3.56. The van der Waals surface area contributed by atoms with Gasteiger partial charge in [-0.3, -0.25) is 19.8 Å². The lowest BCUT2D eigenvalue weighted by Gasteiger charge is -2.24. The van der Waals surface area contributed by atoms with Crippen LogP contribution in [0.2, 0.25) is 0 Å². The van der Waals surface area contributed by atoms with E-state index in [2.05, 4.69) is 28.3 Å². The summed E-state index contributed by atoms with van der Waals surface area (Å²) in [6.07, 6.45) is 12.0. The van der Waals surface area contributed by atoms with Crippen LogP contribution in [0.15, 0.2) is 53.6 Å². The van der Waals surface area contributed by atoms with Gasteiger partial charge in [-0.05, 0) is 42.0 Å². The number of ether oxygens (including phenoxy) is 1. The molecule has 3 aromatic heterocycles. The highest BCUT2D eigenvalue weighted by Crippen LogP contribution is 2.52. The summed E-state index contributed by atoms with van der Waals surface area (Å²) in [5, 5.41) is 8.14. The largest absolute Gasteiger partial charge is 0.380 e. The van der Waals surface area contributed by atoms with Gasteiger partial charge in [-0.15, -0.1) is 5.10 Å². The minimum atomic E-state index is -0.409. The molecule has 0 aromatic carbocycles. The van der Waals surface area contributed by atoms with Gasteiger partial charge >= 0.3 is 0 Å². The molecule has 0 bridgehead atoms. The number of fused-ring (bicyclic) bond motifs is 1. The summed E-state index contributed by atoms with van der Waals surface area (Å²) in [4.78, 5) is 33.2. The smallest absolute Gasteiger partial charge is 0.246 e. The lowest BCUT2D eigenvalue weighted by Crippen LogP contribution is -2.38. The number of aliphatic imine (C=N–C) groups is 1. The van der Waals surface area contributed by atoms with Gasteiger partial charge in [-0.1, -0.05) is 6.92 Å². The minimum absolute atomic E-state index is 0.0428. The van der Waals surface area contributed by atoms with Crippen LogP contribution >= 0.6 is 0 Å². The van der Waals surface area contributed by atoms with Crippen molar-refractivity contribution in [3.05, 3.63) is 54.3 Å². The number of Topliss-reactive ketones (excluding diaryl/α,β-unsaturated/α-hetero) is 1. The number of rotatable bonds is 7. The van der Waals surface area contributed by atoms with Gasteiger partial charge in [0.15, 0.2) is 11.6 Å². The fourth-order valence-electron chi connectivity index (χ4n) is 4.85. The van der Waals surface area contributed by atoms with Crippen molar-refractivity contribution in [1.82, 2.24) is 24.6 Å². The molecule has 10 nitrogen and oxygen atoms in total. The molecule has 1 N–H and O–H groups in total. The van der Waals surface area contributed by atoms with Crippen LogP contribution in [0.5, 0.6) is 0 Å². The Bertz CT molecular complexity index is 1330.